The van der Waals surface area contributed by atoms with Crippen LogP contribution in [0.4, 0.5) is 26.3 Å². The molecule has 3 aliphatic rings. The summed E-state index contributed by atoms with van der Waals surface area (Å²) in [5.74, 6) is -4.52. The summed E-state index contributed by atoms with van der Waals surface area (Å²) in [6.07, 6.45) is -4.69. The lowest BCUT2D eigenvalue weighted by atomic mass is 9.85. The third-order valence-electron chi connectivity index (χ3n) is 5.98. The van der Waals surface area contributed by atoms with Crippen LogP contribution in [-0.2, 0) is 20.9 Å². The molecular formula is C21H28F6N2O5S. The predicted octanol–water partition coefficient (Wildman–Crippen LogP) is 4.09. The maximum atomic E-state index is 10.6. The quantitative estimate of drug-likeness (QED) is 0.563. The van der Waals surface area contributed by atoms with Gasteiger partial charge in [-0.2, -0.15) is 37.7 Å². The standard InChI is InChI=1S/C17H26N2OS.2C2HF3O2/c1-2-15(1)12-19-8-9-20-14-17(19)4-6-18(7-5-17)11-16-3-10-21-13-16;2*3-2(4,5)1(6)7/h3,10,13,15H,1-2,4-9,11-12,14H2;2*(H,6,7). The lowest BCUT2D eigenvalue weighted by molar-refractivity contribution is -0.193. The molecule has 0 unspecified atom stereocenters. The molecule has 14 heteroatoms. The van der Waals surface area contributed by atoms with E-state index in [0.717, 1.165) is 32.2 Å². The highest BCUT2D eigenvalue weighted by molar-refractivity contribution is 7.07. The van der Waals surface area contributed by atoms with E-state index in [0.29, 0.717) is 5.54 Å². The Hall–Kier alpha value is -1.90. The Morgan fingerprint density at radius 3 is 2.00 bits per heavy atom. The van der Waals surface area contributed by atoms with Crippen LogP contribution in [0.1, 0.15) is 31.2 Å². The zero-order valence-electron chi connectivity index (χ0n) is 18.8. The minimum Gasteiger partial charge on any atom is -0.475 e. The highest BCUT2D eigenvalue weighted by Crippen LogP contribution is 2.37. The Labute approximate surface area is 202 Å². The summed E-state index contributed by atoms with van der Waals surface area (Å²) in [6.45, 7) is 7.96. The van der Waals surface area contributed by atoms with E-state index < -0.39 is 24.3 Å². The molecule has 3 heterocycles. The summed E-state index contributed by atoms with van der Waals surface area (Å²) in [4.78, 5) is 23.2. The Kier molecular flexibility index (Phi) is 10.4. The van der Waals surface area contributed by atoms with Crippen molar-refractivity contribution >= 4 is 23.3 Å². The van der Waals surface area contributed by atoms with Gasteiger partial charge in [-0.15, -0.1) is 0 Å². The minimum atomic E-state index is -5.08. The van der Waals surface area contributed by atoms with Crippen LogP contribution in [-0.4, -0.2) is 89.2 Å². The molecule has 35 heavy (non-hydrogen) atoms. The van der Waals surface area contributed by atoms with E-state index in [4.69, 9.17) is 24.5 Å². The summed E-state index contributed by atoms with van der Waals surface area (Å²) >= 11 is 1.81. The van der Waals surface area contributed by atoms with E-state index >= 15 is 0 Å². The van der Waals surface area contributed by atoms with E-state index in [2.05, 4.69) is 26.6 Å². The molecule has 1 spiro atoms. The number of piperidine rings is 1. The van der Waals surface area contributed by atoms with Crippen molar-refractivity contribution in [2.24, 2.45) is 5.92 Å². The van der Waals surface area contributed by atoms with Gasteiger partial charge >= 0.3 is 24.3 Å². The van der Waals surface area contributed by atoms with Crippen LogP contribution in [0.25, 0.3) is 0 Å². The smallest absolute Gasteiger partial charge is 0.475 e. The number of nitrogens with zero attached hydrogens (tertiary/aromatic N) is 2. The Morgan fingerprint density at radius 2 is 1.57 bits per heavy atom. The summed E-state index contributed by atoms with van der Waals surface area (Å²) in [5, 5.41) is 18.7. The Morgan fingerprint density at radius 1 is 1.03 bits per heavy atom. The number of morpholine rings is 1. The first kappa shape index (κ1) is 29.3. The minimum absolute atomic E-state index is 0.353. The number of hydrogen-bond donors (Lipinski definition) is 2. The zero-order chi connectivity index (χ0) is 26.3. The van der Waals surface area contributed by atoms with E-state index in [9.17, 15) is 26.3 Å². The number of carboxylic acids is 2. The van der Waals surface area contributed by atoms with Crippen LogP contribution in [0.5, 0.6) is 0 Å². The second-order valence-corrected chi connectivity index (χ2v) is 9.46. The molecule has 3 fully saturated rings. The van der Waals surface area contributed by atoms with Crippen molar-refractivity contribution in [2.45, 2.75) is 50.1 Å². The predicted molar refractivity (Wildman–Crippen MR) is 114 cm³/mol. The number of rotatable bonds is 4. The second-order valence-electron chi connectivity index (χ2n) is 8.68. The topological polar surface area (TPSA) is 90.3 Å². The Bertz CT molecular complexity index is 782. The number of carboxylic acid groups (broad SMARTS) is 2. The number of ether oxygens (including phenoxy) is 1. The first-order chi connectivity index (χ1) is 16.2. The van der Waals surface area contributed by atoms with Crippen LogP contribution < -0.4 is 0 Å². The highest BCUT2D eigenvalue weighted by Gasteiger charge is 2.44. The lowest BCUT2D eigenvalue weighted by Crippen LogP contribution is -2.61. The average Bonchev–Trinajstić information content (AvgIpc) is 3.43. The average molecular weight is 535 g/mol. The third kappa shape index (κ3) is 9.94. The molecule has 1 aliphatic carbocycles. The van der Waals surface area contributed by atoms with Crippen molar-refractivity contribution in [1.29, 1.82) is 0 Å². The second kappa shape index (κ2) is 12.4. The fourth-order valence-electron chi connectivity index (χ4n) is 3.89. The normalized spacial score (nSPS) is 20.9. The highest BCUT2D eigenvalue weighted by atomic mass is 32.1. The molecule has 0 aromatic carbocycles. The van der Waals surface area contributed by atoms with Crippen molar-refractivity contribution < 1.29 is 50.9 Å². The van der Waals surface area contributed by atoms with E-state index in [-0.39, 0.29) is 0 Å². The molecule has 1 aromatic heterocycles. The fraction of sp³-hybridized carbons (Fsp3) is 0.714. The SMILES string of the molecule is O=C(O)C(F)(F)F.O=C(O)C(F)(F)F.c1cc(CN2CCC3(CC2)COCCN3CC2CC2)cs1. The molecule has 1 aromatic rings. The van der Waals surface area contributed by atoms with E-state index in [1.54, 1.807) is 0 Å². The summed E-state index contributed by atoms with van der Waals surface area (Å²) in [6, 6.07) is 2.26. The number of hydrogen-bond acceptors (Lipinski definition) is 6. The fourth-order valence-corrected chi connectivity index (χ4v) is 4.55. The lowest BCUT2D eigenvalue weighted by Gasteiger charge is -2.51. The van der Waals surface area contributed by atoms with Crippen molar-refractivity contribution in [3.05, 3.63) is 22.4 Å². The van der Waals surface area contributed by atoms with Gasteiger partial charge in [0.25, 0.3) is 0 Å². The number of aliphatic carboxylic acids is 2. The van der Waals surface area contributed by atoms with Gasteiger partial charge in [-0.05, 0) is 54.0 Å². The van der Waals surface area contributed by atoms with Crippen molar-refractivity contribution in [3.8, 4) is 0 Å². The summed E-state index contributed by atoms with van der Waals surface area (Å²) < 4.78 is 69.3. The van der Waals surface area contributed by atoms with Crippen LogP contribution >= 0.6 is 11.3 Å². The maximum Gasteiger partial charge on any atom is 0.490 e. The molecule has 0 atom stereocenters. The monoisotopic (exact) mass is 534 g/mol. The molecule has 200 valence electrons. The van der Waals surface area contributed by atoms with Crippen molar-refractivity contribution in [1.82, 2.24) is 9.80 Å². The van der Waals surface area contributed by atoms with Gasteiger partial charge in [-0.25, -0.2) is 9.59 Å². The first-order valence-electron chi connectivity index (χ1n) is 10.9. The molecular weight excluding hydrogens is 506 g/mol. The molecule has 1 saturated carbocycles. The van der Waals surface area contributed by atoms with Gasteiger partial charge in [-0.1, -0.05) is 0 Å². The van der Waals surface area contributed by atoms with E-state index in [1.807, 2.05) is 11.3 Å². The zero-order valence-corrected chi connectivity index (χ0v) is 19.6. The number of likely N-dealkylation sites (tertiary alicyclic amines) is 1. The largest absolute Gasteiger partial charge is 0.490 e. The number of alkyl halides is 6. The van der Waals surface area contributed by atoms with E-state index in [1.165, 1.54) is 50.9 Å². The maximum absolute atomic E-state index is 10.6. The van der Waals surface area contributed by atoms with Crippen molar-refractivity contribution in [3.63, 3.8) is 0 Å². The van der Waals surface area contributed by atoms with Gasteiger partial charge in [0.15, 0.2) is 0 Å². The third-order valence-corrected chi connectivity index (χ3v) is 6.71. The molecule has 2 aliphatic heterocycles. The molecule has 2 saturated heterocycles. The first-order valence-corrected chi connectivity index (χ1v) is 11.8. The summed E-state index contributed by atoms with van der Waals surface area (Å²) in [7, 11) is 0. The molecule has 7 nitrogen and oxygen atoms in total. The van der Waals surface area contributed by atoms with Gasteiger partial charge in [0.2, 0.25) is 0 Å². The van der Waals surface area contributed by atoms with Crippen LogP contribution in [0, 0.1) is 5.92 Å². The molecule has 0 bridgehead atoms. The molecule has 4 rings (SSSR count). The number of thiophene rings is 1. The van der Waals surface area contributed by atoms with Crippen molar-refractivity contribution in [2.75, 3.05) is 39.4 Å². The molecule has 0 amide bonds. The molecule has 2 N–H and O–H groups in total. The van der Waals surface area contributed by atoms with Crippen LogP contribution in [0.3, 0.4) is 0 Å². The van der Waals surface area contributed by atoms with Gasteiger partial charge in [0, 0.05) is 38.3 Å². The van der Waals surface area contributed by atoms with Crippen LogP contribution in [0.2, 0.25) is 0 Å². The Balaban J connectivity index is 0.000000257. The number of halogens is 6. The van der Waals surface area contributed by atoms with Gasteiger partial charge < -0.3 is 14.9 Å². The number of carbonyl (C=O) groups is 2. The van der Waals surface area contributed by atoms with Gasteiger partial charge in [0.05, 0.1) is 13.2 Å². The van der Waals surface area contributed by atoms with Gasteiger partial charge in [-0.3, -0.25) is 9.80 Å². The molecule has 0 radical (unpaired) electrons. The van der Waals surface area contributed by atoms with Crippen LogP contribution in [0.15, 0.2) is 16.8 Å². The van der Waals surface area contributed by atoms with Gasteiger partial charge in [0.1, 0.15) is 0 Å². The summed E-state index contributed by atoms with van der Waals surface area (Å²) in [5.41, 5.74) is 1.83.